The summed E-state index contributed by atoms with van der Waals surface area (Å²) in [6.45, 7) is 2.15. The normalized spacial score (nSPS) is 20.0. The molecule has 1 saturated carbocycles. The van der Waals surface area contributed by atoms with Crippen LogP contribution in [-0.4, -0.2) is 45.6 Å². The highest BCUT2D eigenvalue weighted by Gasteiger charge is 2.45. The van der Waals surface area contributed by atoms with E-state index < -0.39 is 18.2 Å². The summed E-state index contributed by atoms with van der Waals surface area (Å²) >= 11 is 8.21. The van der Waals surface area contributed by atoms with Crippen molar-refractivity contribution < 1.29 is 13.2 Å². The van der Waals surface area contributed by atoms with Gasteiger partial charge in [-0.25, -0.2) is 4.68 Å². The van der Waals surface area contributed by atoms with Gasteiger partial charge in [-0.05, 0) is 73.9 Å². The summed E-state index contributed by atoms with van der Waals surface area (Å²) in [6, 6.07) is 9.56. The van der Waals surface area contributed by atoms with E-state index in [0.29, 0.717) is 16.6 Å². The zero-order chi connectivity index (χ0) is 28.4. The Hall–Kier alpha value is -2.95. The number of rotatable bonds is 5. The summed E-state index contributed by atoms with van der Waals surface area (Å²) < 4.78 is 40.4. The van der Waals surface area contributed by atoms with Gasteiger partial charge in [0, 0.05) is 63.6 Å². The molecule has 1 spiro atoms. The number of hydrogen-bond acceptors (Lipinski definition) is 6. The minimum Gasteiger partial charge on any atom is -0.366 e. The van der Waals surface area contributed by atoms with E-state index in [1.54, 1.807) is 6.20 Å². The van der Waals surface area contributed by atoms with Gasteiger partial charge in [0.1, 0.15) is 0 Å². The number of pyridine rings is 1. The number of hydrogen-bond donors (Lipinski definition) is 1. The van der Waals surface area contributed by atoms with Crippen molar-refractivity contribution in [3.8, 4) is 11.1 Å². The van der Waals surface area contributed by atoms with Crippen LogP contribution < -0.4 is 15.8 Å². The number of alkyl halides is 3. The Balaban J connectivity index is 1.25. The van der Waals surface area contributed by atoms with Crippen molar-refractivity contribution in [1.82, 2.24) is 20.1 Å². The maximum atomic E-state index is 12.8. The first-order chi connectivity index (χ1) is 19.7. The predicted molar refractivity (Wildman–Crippen MR) is 156 cm³/mol. The molecule has 7 rings (SSSR count). The fraction of sp³-hybridized carbons (Fsp3) is 0.433. The van der Waals surface area contributed by atoms with Gasteiger partial charge < -0.3 is 10.2 Å². The van der Waals surface area contributed by atoms with Crippen molar-refractivity contribution in [2.75, 3.05) is 18.0 Å². The predicted octanol–water partition coefficient (Wildman–Crippen LogP) is 6.36. The third-order valence-electron chi connectivity index (χ3n) is 8.77. The van der Waals surface area contributed by atoms with E-state index in [4.69, 9.17) is 11.6 Å². The minimum atomic E-state index is -4.39. The molecule has 0 amide bonds. The van der Waals surface area contributed by atoms with Crippen LogP contribution in [0.5, 0.6) is 0 Å². The molecule has 0 radical (unpaired) electrons. The highest BCUT2D eigenvalue weighted by atomic mass is 35.5. The topological polar surface area (TPSA) is 63.1 Å². The molecule has 5 heterocycles. The van der Waals surface area contributed by atoms with Gasteiger partial charge in [0.2, 0.25) is 0 Å². The Morgan fingerprint density at radius 1 is 1.15 bits per heavy atom. The fourth-order valence-electron chi connectivity index (χ4n) is 6.79. The second kappa shape index (κ2) is 10.1. The molecule has 1 aliphatic carbocycles. The second-order valence-electron chi connectivity index (χ2n) is 11.6. The number of aromatic nitrogens is 3. The Labute approximate surface area is 244 Å². The van der Waals surface area contributed by atoms with Crippen LogP contribution in [0.3, 0.4) is 0 Å². The van der Waals surface area contributed by atoms with Gasteiger partial charge in [-0.2, -0.15) is 18.3 Å². The summed E-state index contributed by atoms with van der Waals surface area (Å²) in [4.78, 5) is 20.6. The zero-order valence-electron chi connectivity index (χ0n) is 22.3. The van der Waals surface area contributed by atoms with Crippen LogP contribution in [0.4, 0.5) is 18.9 Å². The molecule has 4 aromatic rings. The van der Waals surface area contributed by atoms with Crippen LogP contribution in [0.25, 0.3) is 21.3 Å². The highest BCUT2D eigenvalue weighted by molar-refractivity contribution is 7.19. The molecule has 2 fully saturated rings. The van der Waals surface area contributed by atoms with Crippen LogP contribution in [-0.2, 0) is 19.4 Å². The number of benzene rings is 1. The lowest BCUT2D eigenvalue weighted by atomic mass is 9.75. The molecule has 2 aliphatic heterocycles. The summed E-state index contributed by atoms with van der Waals surface area (Å²) in [6.07, 6.45) is 4.38. The molecule has 1 saturated heterocycles. The van der Waals surface area contributed by atoms with Crippen LogP contribution >= 0.6 is 22.9 Å². The first-order valence-electron chi connectivity index (χ1n) is 14.0. The van der Waals surface area contributed by atoms with Crippen LogP contribution in [0.15, 0.2) is 47.5 Å². The summed E-state index contributed by atoms with van der Waals surface area (Å²) in [5.41, 5.74) is 5.06. The smallest absolute Gasteiger partial charge is 0.366 e. The van der Waals surface area contributed by atoms with E-state index in [-0.39, 0.29) is 12.1 Å². The molecule has 1 atom stereocenters. The van der Waals surface area contributed by atoms with Gasteiger partial charge in [-0.3, -0.25) is 9.78 Å². The van der Waals surface area contributed by atoms with Gasteiger partial charge in [0.15, 0.2) is 0 Å². The lowest BCUT2D eigenvalue weighted by Gasteiger charge is -2.41. The highest BCUT2D eigenvalue weighted by Crippen LogP contribution is 2.47. The molecule has 41 heavy (non-hydrogen) atoms. The number of nitrogens with one attached hydrogen (secondary N) is 1. The van der Waals surface area contributed by atoms with Crippen LogP contribution in [0, 0.1) is 0 Å². The van der Waals surface area contributed by atoms with Crippen molar-refractivity contribution >= 4 is 38.8 Å². The van der Waals surface area contributed by atoms with E-state index >= 15 is 0 Å². The lowest BCUT2D eigenvalue weighted by molar-refractivity contribution is -0.127. The largest absolute Gasteiger partial charge is 0.393 e. The Bertz CT molecular complexity index is 1700. The van der Waals surface area contributed by atoms with Crippen molar-refractivity contribution in [2.24, 2.45) is 0 Å². The minimum absolute atomic E-state index is 0.144. The van der Waals surface area contributed by atoms with Gasteiger partial charge in [-0.15, -0.1) is 11.3 Å². The maximum Gasteiger partial charge on any atom is 0.393 e. The summed E-state index contributed by atoms with van der Waals surface area (Å²) in [5.74, 6) is 0. The van der Waals surface area contributed by atoms with Gasteiger partial charge in [0.25, 0.3) is 5.56 Å². The summed E-state index contributed by atoms with van der Waals surface area (Å²) in [7, 11) is 0. The SMILES string of the molecule is O=c1cc(CC(F)(F)F)cnn1Cc1cc2nccc(-c3cc(Cl)cc4c3N(C3CNC5(CCC5)C3)CCC4)c2s1. The first-order valence-corrected chi connectivity index (χ1v) is 15.2. The number of anilines is 1. The molecule has 3 aliphatic rings. The molecule has 11 heteroatoms. The monoisotopic (exact) mass is 599 g/mol. The Morgan fingerprint density at radius 2 is 2.00 bits per heavy atom. The number of thiophene rings is 1. The molecular formula is C30H29ClF3N5OS. The molecule has 214 valence electrons. The molecule has 1 aromatic carbocycles. The van der Waals surface area contributed by atoms with Crippen molar-refractivity contribution in [2.45, 2.75) is 69.2 Å². The van der Waals surface area contributed by atoms with E-state index in [0.717, 1.165) is 70.8 Å². The number of fused-ring (bicyclic) bond motifs is 2. The van der Waals surface area contributed by atoms with Gasteiger partial charge >= 0.3 is 6.18 Å². The van der Waals surface area contributed by atoms with Crippen molar-refractivity contribution in [3.63, 3.8) is 0 Å². The first kappa shape index (κ1) is 26.9. The maximum absolute atomic E-state index is 12.8. The van der Waals surface area contributed by atoms with Crippen molar-refractivity contribution in [1.29, 1.82) is 0 Å². The van der Waals surface area contributed by atoms with Crippen LogP contribution in [0.1, 0.15) is 48.1 Å². The second-order valence-corrected chi connectivity index (χ2v) is 13.1. The quantitative estimate of drug-likeness (QED) is 0.289. The molecule has 1 N–H and O–H groups in total. The molecule has 6 nitrogen and oxygen atoms in total. The van der Waals surface area contributed by atoms with E-state index in [2.05, 4.69) is 32.4 Å². The fourth-order valence-corrected chi connectivity index (χ4v) is 8.15. The van der Waals surface area contributed by atoms with E-state index in [9.17, 15) is 18.0 Å². The van der Waals surface area contributed by atoms with E-state index in [1.165, 1.54) is 46.5 Å². The molecular weight excluding hydrogens is 571 g/mol. The van der Waals surface area contributed by atoms with Gasteiger partial charge in [-0.1, -0.05) is 11.6 Å². The van der Waals surface area contributed by atoms with Crippen LogP contribution in [0.2, 0.25) is 5.02 Å². The summed E-state index contributed by atoms with van der Waals surface area (Å²) in [5, 5.41) is 8.55. The third kappa shape index (κ3) is 5.15. The Kier molecular flexibility index (Phi) is 6.63. The van der Waals surface area contributed by atoms with E-state index in [1.807, 2.05) is 12.1 Å². The Morgan fingerprint density at radius 3 is 2.73 bits per heavy atom. The average molecular weight is 600 g/mol. The number of nitrogens with zero attached hydrogens (tertiary/aromatic N) is 4. The molecule has 3 aromatic heterocycles. The average Bonchev–Trinajstić information content (AvgIpc) is 3.53. The van der Waals surface area contributed by atoms with Gasteiger partial charge in [0.05, 0.1) is 29.4 Å². The molecule has 1 unspecified atom stereocenters. The standard InChI is InChI=1S/C30H29ClF3N5OS/c31-20-10-19-3-1-8-38(21-14-29(36-16-21)5-2-6-29)27(19)24(11-20)23-4-7-35-25-12-22(41-28(23)25)17-39-26(40)9-18(15-37-39)13-30(32,33)34/h4,7,9-12,15,21,36H,1-3,5-6,8,13-14,16-17H2. The number of halogens is 4. The third-order valence-corrected chi connectivity index (χ3v) is 10.1. The molecule has 0 bridgehead atoms. The zero-order valence-corrected chi connectivity index (χ0v) is 23.9. The lowest BCUT2D eigenvalue weighted by Crippen LogP contribution is -2.46. The van der Waals surface area contributed by atoms with Crippen molar-refractivity contribution in [3.05, 3.63) is 74.1 Å². The number of aryl methyl sites for hydroxylation is 1.